The summed E-state index contributed by atoms with van der Waals surface area (Å²) in [5, 5.41) is 13.4. The molecule has 3 aromatic rings. The lowest BCUT2D eigenvalue weighted by atomic mass is 10.0. The molecule has 1 N–H and O–H groups in total. The first-order valence-corrected chi connectivity index (χ1v) is 16.4. The molecule has 0 atom stereocenters. The predicted octanol–water partition coefficient (Wildman–Crippen LogP) is 5.51. The predicted molar refractivity (Wildman–Crippen MR) is 139 cm³/mol. The molecule has 35 heavy (non-hydrogen) atoms. The van der Waals surface area contributed by atoms with E-state index in [-0.39, 0.29) is 29.8 Å². The average Bonchev–Trinajstić information content (AvgIpc) is 3.15. The quantitative estimate of drug-likeness (QED) is 0.166. The van der Waals surface area contributed by atoms with Crippen LogP contribution in [0, 0.1) is 20.4 Å². The zero-order chi connectivity index (χ0) is 25.8. The molecular formula is C25H31N3O5SSi. The van der Waals surface area contributed by atoms with Gasteiger partial charge >= 0.3 is 0 Å². The highest BCUT2D eigenvalue weighted by Gasteiger charge is 2.32. The fraction of sp³-hybridized carbons (Fsp3) is 0.360. The van der Waals surface area contributed by atoms with Gasteiger partial charge in [-0.05, 0) is 42.6 Å². The first-order chi connectivity index (χ1) is 16.5. The lowest BCUT2D eigenvalue weighted by molar-refractivity contribution is 0.153. The Morgan fingerprint density at radius 2 is 1.86 bits per heavy atom. The van der Waals surface area contributed by atoms with E-state index in [1.54, 1.807) is 50.2 Å². The number of ether oxygens (including phenoxy) is 1. The van der Waals surface area contributed by atoms with Crippen molar-refractivity contribution >= 4 is 29.7 Å². The van der Waals surface area contributed by atoms with E-state index in [0.717, 1.165) is 10.3 Å². The average molecular weight is 514 g/mol. The number of benzene rings is 2. The molecule has 186 valence electrons. The molecule has 8 nitrogen and oxygen atoms in total. The minimum absolute atomic E-state index is 0.0175. The number of rotatable bonds is 10. The van der Waals surface area contributed by atoms with Crippen molar-refractivity contribution in [1.82, 2.24) is 5.16 Å². The minimum atomic E-state index is -4.17. The van der Waals surface area contributed by atoms with Crippen LogP contribution in [-0.2, 0) is 21.4 Å². The molecule has 0 amide bonds. The first-order valence-electron chi connectivity index (χ1n) is 11.2. The van der Waals surface area contributed by atoms with Crippen molar-refractivity contribution in [2.24, 2.45) is 0 Å². The summed E-state index contributed by atoms with van der Waals surface area (Å²) in [6.07, 6.45) is 0. The van der Waals surface area contributed by atoms with Crippen molar-refractivity contribution in [2.45, 2.75) is 51.0 Å². The molecule has 0 saturated carbocycles. The van der Waals surface area contributed by atoms with Crippen LogP contribution in [0.2, 0.25) is 25.7 Å². The fourth-order valence-electron chi connectivity index (χ4n) is 3.43. The molecule has 0 radical (unpaired) electrons. The van der Waals surface area contributed by atoms with E-state index in [2.05, 4.69) is 29.6 Å². The van der Waals surface area contributed by atoms with Gasteiger partial charge in [-0.1, -0.05) is 61.2 Å². The van der Waals surface area contributed by atoms with Gasteiger partial charge in [0.1, 0.15) is 6.73 Å². The molecule has 0 fully saturated rings. The van der Waals surface area contributed by atoms with Crippen LogP contribution < -0.4 is 4.31 Å². The number of aromatic nitrogens is 1. The highest BCUT2D eigenvalue weighted by molar-refractivity contribution is 7.93. The molecule has 0 aliphatic rings. The minimum Gasteiger partial charge on any atom is -0.392 e. The summed E-state index contributed by atoms with van der Waals surface area (Å²) in [6.45, 7) is 17.8. The Labute approximate surface area is 208 Å². The third-order valence-electron chi connectivity index (χ3n) is 5.67. The lowest BCUT2D eigenvalue weighted by Gasteiger charge is -2.24. The Kier molecular flexibility index (Phi) is 8.17. The number of hydrogen-bond acceptors (Lipinski definition) is 6. The number of anilines is 1. The Morgan fingerprint density at radius 1 is 1.14 bits per heavy atom. The third kappa shape index (κ3) is 6.00. The zero-order valence-electron chi connectivity index (χ0n) is 20.7. The van der Waals surface area contributed by atoms with Crippen LogP contribution in [0.15, 0.2) is 51.9 Å². The van der Waals surface area contributed by atoms with Crippen molar-refractivity contribution in [3.8, 4) is 11.1 Å². The molecule has 0 aliphatic heterocycles. The Balaban J connectivity index is 2.09. The van der Waals surface area contributed by atoms with Crippen LogP contribution in [0.3, 0.4) is 0 Å². The van der Waals surface area contributed by atoms with Crippen LogP contribution in [0.5, 0.6) is 0 Å². The smallest absolute Gasteiger partial charge is 0.269 e. The summed E-state index contributed by atoms with van der Waals surface area (Å²) >= 11 is 0. The molecule has 0 aliphatic carbocycles. The second-order valence-corrected chi connectivity index (χ2v) is 17.0. The van der Waals surface area contributed by atoms with Crippen molar-refractivity contribution in [1.29, 1.82) is 0 Å². The molecule has 3 rings (SSSR count). The van der Waals surface area contributed by atoms with Gasteiger partial charge in [-0.3, -0.25) is 0 Å². The van der Waals surface area contributed by atoms with E-state index < -0.39 is 18.1 Å². The van der Waals surface area contributed by atoms with Crippen molar-refractivity contribution in [3.63, 3.8) is 0 Å². The summed E-state index contributed by atoms with van der Waals surface area (Å²) < 4.78 is 40.5. The second kappa shape index (κ2) is 10.7. The largest absolute Gasteiger partial charge is 0.392 e. The SMILES string of the molecule is [C-]#[N+]c1cc(CO)ccc1-c1ccccc1S(=O)(=O)N(COCC[Si](C)(C)C)c1onc(C)c1C. The monoisotopic (exact) mass is 513 g/mol. The highest BCUT2D eigenvalue weighted by atomic mass is 32.2. The normalized spacial score (nSPS) is 11.9. The molecule has 1 aromatic heterocycles. The maximum atomic E-state index is 14.1. The first kappa shape index (κ1) is 26.6. The van der Waals surface area contributed by atoms with Gasteiger partial charge < -0.3 is 14.4 Å². The fourth-order valence-corrected chi connectivity index (χ4v) is 5.73. The van der Waals surface area contributed by atoms with Gasteiger partial charge in [0.2, 0.25) is 5.88 Å². The number of aliphatic hydroxyl groups excluding tert-OH is 1. The zero-order valence-corrected chi connectivity index (χ0v) is 22.5. The van der Waals surface area contributed by atoms with Gasteiger partial charge in [-0.15, -0.1) is 0 Å². The molecule has 10 heteroatoms. The summed E-state index contributed by atoms with van der Waals surface area (Å²) in [5.74, 6) is 0.103. The van der Waals surface area contributed by atoms with E-state index in [4.69, 9.17) is 15.8 Å². The van der Waals surface area contributed by atoms with Crippen molar-refractivity contribution in [2.75, 3.05) is 17.6 Å². The molecule has 1 heterocycles. The van der Waals surface area contributed by atoms with Crippen LogP contribution in [0.25, 0.3) is 16.0 Å². The van der Waals surface area contributed by atoms with Crippen LogP contribution in [0.1, 0.15) is 16.8 Å². The molecule has 0 saturated heterocycles. The van der Waals surface area contributed by atoms with Crippen LogP contribution >= 0.6 is 0 Å². The summed E-state index contributed by atoms with van der Waals surface area (Å²) in [7, 11) is -5.54. The number of hydrogen-bond donors (Lipinski definition) is 1. The van der Waals surface area contributed by atoms with E-state index in [0.29, 0.717) is 34.6 Å². The van der Waals surface area contributed by atoms with E-state index in [9.17, 15) is 13.5 Å². The maximum Gasteiger partial charge on any atom is 0.269 e. The molecule has 0 unspecified atom stereocenters. The third-order valence-corrected chi connectivity index (χ3v) is 9.14. The maximum absolute atomic E-state index is 14.1. The number of aryl methyl sites for hydroxylation is 1. The summed E-state index contributed by atoms with van der Waals surface area (Å²) in [6, 6.07) is 12.3. The van der Waals surface area contributed by atoms with Crippen molar-refractivity contribution in [3.05, 3.63) is 70.7 Å². The van der Waals surface area contributed by atoms with E-state index in [1.165, 1.54) is 6.07 Å². The van der Waals surface area contributed by atoms with E-state index in [1.807, 2.05) is 0 Å². The van der Waals surface area contributed by atoms with Gasteiger partial charge in [0.25, 0.3) is 10.0 Å². The van der Waals surface area contributed by atoms with Gasteiger partial charge in [-0.2, -0.15) is 0 Å². The van der Waals surface area contributed by atoms with Crippen LogP contribution in [0.4, 0.5) is 11.6 Å². The molecule has 2 aromatic carbocycles. The van der Waals surface area contributed by atoms with Gasteiger partial charge in [0, 0.05) is 20.2 Å². The summed E-state index contributed by atoms with van der Waals surface area (Å²) in [5.41, 5.74) is 2.86. The standard InChI is InChI=1S/C25H31N3O5SSi/c1-18-19(2)27-33-25(18)28(17-32-13-14-35(4,5)6)34(30,31)24-10-8-7-9-22(24)21-12-11-20(16-29)15-23(21)26-3/h7-12,15,29H,13-14,16-17H2,1-2,4-6H3. The lowest BCUT2D eigenvalue weighted by Crippen LogP contribution is -2.34. The van der Waals surface area contributed by atoms with Gasteiger partial charge in [-0.25, -0.2) is 17.6 Å². The van der Waals surface area contributed by atoms with Crippen molar-refractivity contribution < 1.29 is 22.8 Å². The Morgan fingerprint density at radius 3 is 2.46 bits per heavy atom. The number of nitrogens with zero attached hydrogens (tertiary/aromatic N) is 3. The van der Waals surface area contributed by atoms with Gasteiger partial charge in [0.15, 0.2) is 5.69 Å². The molecular weight excluding hydrogens is 482 g/mol. The molecule has 0 bridgehead atoms. The molecule has 0 spiro atoms. The summed E-state index contributed by atoms with van der Waals surface area (Å²) in [4.78, 5) is 3.58. The Bertz CT molecular complexity index is 1340. The topological polar surface area (TPSA) is 97.2 Å². The van der Waals surface area contributed by atoms with Gasteiger partial charge in [0.05, 0.1) is 23.8 Å². The highest BCUT2D eigenvalue weighted by Crippen LogP contribution is 2.38. The van der Waals surface area contributed by atoms with Crippen LogP contribution in [-0.4, -0.2) is 40.1 Å². The van der Waals surface area contributed by atoms with E-state index >= 15 is 0 Å². The Hall–Kier alpha value is -2.97. The number of aliphatic hydroxyl groups is 1. The number of sulfonamides is 1. The second-order valence-electron chi connectivity index (χ2n) is 9.52.